The summed E-state index contributed by atoms with van der Waals surface area (Å²) in [6.45, 7) is 4.34. The Bertz CT molecular complexity index is 567. The van der Waals surface area contributed by atoms with Crippen LogP contribution in [0.2, 0.25) is 0 Å². The molecule has 0 aromatic carbocycles. The van der Waals surface area contributed by atoms with E-state index in [9.17, 15) is 18.4 Å². The molecule has 1 fully saturated rings. The molecule has 0 saturated heterocycles. The van der Waals surface area contributed by atoms with Crippen molar-refractivity contribution in [2.24, 2.45) is 0 Å². The molecule has 2 atom stereocenters. The van der Waals surface area contributed by atoms with Gasteiger partial charge in [0.15, 0.2) is 11.7 Å². The normalized spacial score (nSPS) is 19.0. The van der Waals surface area contributed by atoms with Crippen molar-refractivity contribution >= 4 is 11.8 Å². The fourth-order valence-corrected chi connectivity index (χ4v) is 4.24. The van der Waals surface area contributed by atoms with Gasteiger partial charge < -0.3 is 10.6 Å². The first-order valence-corrected chi connectivity index (χ1v) is 13.3. The lowest BCUT2D eigenvalue weighted by atomic mass is 10.1. The third-order valence-electron chi connectivity index (χ3n) is 6.30. The number of halogens is 2. The zero-order valence-corrected chi connectivity index (χ0v) is 20.9. The molecule has 0 spiro atoms. The van der Waals surface area contributed by atoms with Gasteiger partial charge in [0.1, 0.15) is 0 Å². The Labute approximate surface area is 200 Å². The second-order valence-corrected chi connectivity index (χ2v) is 9.37. The Kier molecular flexibility index (Phi) is 16.6. The van der Waals surface area contributed by atoms with Crippen LogP contribution in [0.15, 0.2) is 23.8 Å². The Balaban J connectivity index is 2.23. The number of carbonyl (C=O) groups is 2. The number of rotatable bonds is 18. The number of hydrogen-bond acceptors (Lipinski definition) is 2. The number of carbonyl (C=O) groups excluding carboxylic acids is 2. The van der Waals surface area contributed by atoms with Gasteiger partial charge in [0.05, 0.1) is 0 Å². The third-order valence-corrected chi connectivity index (χ3v) is 6.30. The smallest absolute Gasteiger partial charge is 0.279 e. The molecule has 33 heavy (non-hydrogen) atoms. The fraction of sp³-hybridized carbons (Fsp3) is 0.778. The number of allylic oxidation sites excluding steroid dienone is 2. The topological polar surface area (TPSA) is 58.2 Å². The summed E-state index contributed by atoms with van der Waals surface area (Å²) in [7, 11) is 0. The van der Waals surface area contributed by atoms with Gasteiger partial charge in [0.25, 0.3) is 11.8 Å². The maximum absolute atomic E-state index is 14.0. The van der Waals surface area contributed by atoms with Crippen molar-refractivity contribution < 1.29 is 18.4 Å². The minimum absolute atomic E-state index is 0.203. The molecule has 190 valence electrons. The van der Waals surface area contributed by atoms with E-state index < -0.39 is 23.5 Å². The molecule has 1 rings (SSSR count). The Morgan fingerprint density at radius 1 is 0.667 bits per heavy atom. The van der Waals surface area contributed by atoms with Crippen molar-refractivity contribution in [1.29, 1.82) is 0 Å². The molecule has 2 N–H and O–H groups in total. The lowest BCUT2D eigenvalue weighted by Crippen LogP contribution is -2.37. The van der Waals surface area contributed by atoms with E-state index in [0.29, 0.717) is 32.1 Å². The van der Waals surface area contributed by atoms with Crippen LogP contribution in [0.4, 0.5) is 8.78 Å². The SMILES string of the molecule is CCCCCCCC/C=C(\F)C(=O)N[C@@H]1CC[C@H](NC(=O)/C(F)=C\CCCCCCCC)C1. The Morgan fingerprint density at radius 3 is 1.42 bits per heavy atom. The highest BCUT2D eigenvalue weighted by atomic mass is 19.1. The van der Waals surface area contributed by atoms with Crippen molar-refractivity contribution in [3.63, 3.8) is 0 Å². The van der Waals surface area contributed by atoms with Crippen molar-refractivity contribution in [3.05, 3.63) is 23.8 Å². The number of unbranched alkanes of at least 4 members (excludes halogenated alkanes) is 12. The molecule has 2 amide bonds. The first kappa shape index (κ1) is 29.3. The first-order valence-electron chi connectivity index (χ1n) is 13.3. The summed E-state index contributed by atoms with van der Waals surface area (Å²) in [5.41, 5.74) is 0. The van der Waals surface area contributed by atoms with E-state index in [1.165, 1.54) is 50.7 Å². The van der Waals surface area contributed by atoms with Crippen molar-refractivity contribution in [3.8, 4) is 0 Å². The summed E-state index contributed by atoms with van der Waals surface area (Å²) in [5, 5.41) is 5.40. The molecular formula is C27H46F2N2O2. The third kappa shape index (κ3) is 14.2. The minimum atomic E-state index is -0.736. The Morgan fingerprint density at radius 2 is 1.03 bits per heavy atom. The van der Waals surface area contributed by atoms with Gasteiger partial charge in [-0.05, 0) is 57.1 Å². The highest BCUT2D eigenvalue weighted by molar-refractivity contribution is 5.92. The van der Waals surface area contributed by atoms with E-state index >= 15 is 0 Å². The van der Waals surface area contributed by atoms with Crippen LogP contribution >= 0.6 is 0 Å². The molecule has 1 aliphatic rings. The van der Waals surface area contributed by atoms with Gasteiger partial charge in [0, 0.05) is 12.1 Å². The predicted octanol–water partition coefficient (Wildman–Crippen LogP) is 7.35. The zero-order chi connectivity index (χ0) is 24.3. The van der Waals surface area contributed by atoms with Gasteiger partial charge in [-0.1, -0.05) is 78.1 Å². The molecule has 1 aliphatic carbocycles. The van der Waals surface area contributed by atoms with Gasteiger partial charge in [-0.15, -0.1) is 0 Å². The maximum Gasteiger partial charge on any atom is 0.279 e. The number of hydrogen-bond donors (Lipinski definition) is 2. The van der Waals surface area contributed by atoms with Crippen LogP contribution in [0.5, 0.6) is 0 Å². The van der Waals surface area contributed by atoms with Crippen LogP contribution in [0.3, 0.4) is 0 Å². The van der Waals surface area contributed by atoms with Crippen LogP contribution in [0.1, 0.15) is 123 Å². The van der Waals surface area contributed by atoms with Crippen molar-refractivity contribution in [2.75, 3.05) is 0 Å². The summed E-state index contributed by atoms with van der Waals surface area (Å²) in [6.07, 6.45) is 19.1. The largest absolute Gasteiger partial charge is 0.347 e. The molecule has 0 aliphatic heterocycles. The minimum Gasteiger partial charge on any atom is -0.347 e. The summed E-state index contributed by atoms with van der Waals surface area (Å²) < 4.78 is 28.1. The molecule has 0 aromatic heterocycles. The fourth-order valence-electron chi connectivity index (χ4n) is 4.24. The second kappa shape index (κ2) is 18.7. The van der Waals surface area contributed by atoms with Gasteiger partial charge in [-0.2, -0.15) is 0 Å². The van der Waals surface area contributed by atoms with E-state index in [1.54, 1.807) is 0 Å². The molecule has 4 nitrogen and oxygen atoms in total. The van der Waals surface area contributed by atoms with Crippen LogP contribution in [-0.2, 0) is 9.59 Å². The highest BCUT2D eigenvalue weighted by Crippen LogP contribution is 2.20. The molecular weight excluding hydrogens is 422 g/mol. The van der Waals surface area contributed by atoms with E-state index in [4.69, 9.17) is 0 Å². The van der Waals surface area contributed by atoms with Crippen LogP contribution in [0.25, 0.3) is 0 Å². The summed E-state index contributed by atoms with van der Waals surface area (Å²) in [4.78, 5) is 24.1. The average Bonchev–Trinajstić information content (AvgIpc) is 3.23. The molecule has 0 heterocycles. The molecule has 0 unspecified atom stereocenters. The quantitative estimate of drug-likeness (QED) is 0.163. The van der Waals surface area contributed by atoms with E-state index in [-0.39, 0.29) is 12.1 Å². The van der Waals surface area contributed by atoms with Gasteiger partial charge >= 0.3 is 0 Å². The lowest BCUT2D eigenvalue weighted by Gasteiger charge is -2.14. The second-order valence-electron chi connectivity index (χ2n) is 9.37. The van der Waals surface area contributed by atoms with Crippen LogP contribution < -0.4 is 10.6 Å². The van der Waals surface area contributed by atoms with Gasteiger partial charge in [-0.3, -0.25) is 9.59 Å². The van der Waals surface area contributed by atoms with E-state index in [1.807, 2.05) is 0 Å². The van der Waals surface area contributed by atoms with Crippen molar-refractivity contribution in [1.82, 2.24) is 10.6 Å². The Hall–Kier alpha value is -1.72. The van der Waals surface area contributed by atoms with Gasteiger partial charge in [0.2, 0.25) is 0 Å². The van der Waals surface area contributed by atoms with E-state index in [2.05, 4.69) is 24.5 Å². The molecule has 1 saturated carbocycles. The van der Waals surface area contributed by atoms with Crippen LogP contribution in [-0.4, -0.2) is 23.9 Å². The average molecular weight is 469 g/mol. The maximum atomic E-state index is 14.0. The predicted molar refractivity (Wildman–Crippen MR) is 132 cm³/mol. The molecule has 0 radical (unpaired) electrons. The highest BCUT2D eigenvalue weighted by Gasteiger charge is 2.28. The van der Waals surface area contributed by atoms with Crippen molar-refractivity contribution in [2.45, 2.75) is 135 Å². The molecule has 0 aromatic rings. The summed E-state index contributed by atoms with van der Waals surface area (Å²) >= 11 is 0. The van der Waals surface area contributed by atoms with Crippen LogP contribution in [0, 0.1) is 0 Å². The van der Waals surface area contributed by atoms with E-state index in [0.717, 1.165) is 38.5 Å². The standard InChI is InChI=1S/C27H46F2N2O2/c1-3-5-7-9-11-13-15-17-24(28)26(32)30-22-19-20-23(21-22)31-27(33)25(29)18-16-14-12-10-8-6-4-2/h17-18,22-23H,3-16,19-21H2,1-2H3,(H,30,32)(H,31,33)/b24-17-,25-18+/t22-,23+/m1/s1. The first-order chi connectivity index (χ1) is 16.0. The monoisotopic (exact) mass is 468 g/mol. The molecule has 0 bridgehead atoms. The lowest BCUT2D eigenvalue weighted by molar-refractivity contribution is -0.119. The summed E-state index contributed by atoms with van der Waals surface area (Å²) in [6, 6.07) is -0.405. The van der Waals surface area contributed by atoms with Gasteiger partial charge in [-0.25, -0.2) is 8.78 Å². The molecule has 6 heteroatoms. The number of nitrogens with one attached hydrogen (secondary N) is 2. The summed E-state index contributed by atoms with van der Waals surface area (Å²) in [5.74, 6) is -2.86. The number of amides is 2. The zero-order valence-electron chi connectivity index (χ0n) is 20.9.